The van der Waals surface area contributed by atoms with Gasteiger partial charge in [0.15, 0.2) is 5.82 Å². The topological polar surface area (TPSA) is 55.8 Å². The zero-order valence-corrected chi connectivity index (χ0v) is 17.5. The summed E-state index contributed by atoms with van der Waals surface area (Å²) in [6.07, 6.45) is 9.01. The van der Waals surface area contributed by atoms with Crippen molar-refractivity contribution < 1.29 is 4.79 Å². The van der Waals surface area contributed by atoms with Crippen LogP contribution in [0, 0.1) is 5.92 Å². The third kappa shape index (κ3) is 3.17. The number of carbonyl (C=O) groups is 1. The van der Waals surface area contributed by atoms with Crippen molar-refractivity contribution in [3.63, 3.8) is 0 Å². The van der Waals surface area contributed by atoms with Gasteiger partial charge in [0.1, 0.15) is 5.56 Å². The van der Waals surface area contributed by atoms with Crippen molar-refractivity contribution in [2.45, 2.75) is 32.2 Å². The van der Waals surface area contributed by atoms with Crippen molar-refractivity contribution in [3.05, 3.63) is 35.3 Å². The molecule has 0 spiro atoms. The lowest BCUT2D eigenvalue weighted by atomic mass is 9.97. The largest absolute Gasteiger partial charge is 0.341 e. The zero-order chi connectivity index (χ0) is 20.0. The number of likely N-dealkylation sites (tertiary alicyclic amines) is 1. The van der Waals surface area contributed by atoms with Crippen LogP contribution < -0.4 is 9.80 Å². The molecule has 0 radical (unpaired) electrons. The second-order valence-corrected chi connectivity index (χ2v) is 8.35. The molecule has 0 aromatic carbocycles. The number of rotatable bonds is 2. The molecule has 4 rings (SSSR count). The molecule has 1 fully saturated rings. The maximum atomic E-state index is 13.1. The number of carbonyl (C=O) groups excluding carboxylic acids is 1. The van der Waals surface area contributed by atoms with Crippen molar-refractivity contribution in [1.82, 2.24) is 19.8 Å². The number of amides is 1. The Morgan fingerprint density at radius 1 is 1.14 bits per heavy atom. The van der Waals surface area contributed by atoms with Gasteiger partial charge in [-0.15, -0.1) is 0 Å². The smallest absolute Gasteiger partial charge is 0.263 e. The monoisotopic (exact) mass is 382 g/mol. The van der Waals surface area contributed by atoms with E-state index in [0.717, 1.165) is 43.7 Å². The number of aromatic nitrogens is 2. The Morgan fingerprint density at radius 2 is 1.86 bits per heavy atom. The van der Waals surface area contributed by atoms with E-state index in [4.69, 9.17) is 4.98 Å². The lowest BCUT2D eigenvalue weighted by Gasteiger charge is -2.35. The predicted molar refractivity (Wildman–Crippen MR) is 111 cm³/mol. The molecule has 1 aromatic heterocycles. The first-order valence-corrected chi connectivity index (χ1v) is 10.1. The van der Waals surface area contributed by atoms with Gasteiger partial charge in [-0.1, -0.05) is 13.0 Å². The minimum Gasteiger partial charge on any atom is -0.341 e. The quantitative estimate of drug-likeness (QED) is 0.783. The van der Waals surface area contributed by atoms with E-state index in [1.807, 2.05) is 14.1 Å². The van der Waals surface area contributed by atoms with Crippen LogP contribution in [0.25, 0.3) is 0 Å². The molecule has 150 valence electrons. The number of allylic oxidation sites excluding steroid dienone is 3. The lowest BCUT2D eigenvalue weighted by Crippen LogP contribution is -2.42. The highest BCUT2D eigenvalue weighted by atomic mass is 16.2. The number of piperidine rings is 1. The molecule has 1 atom stereocenters. The van der Waals surface area contributed by atoms with Gasteiger partial charge in [0, 0.05) is 39.1 Å². The van der Waals surface area contributed by atoms with Gasteiger partial charge in [0.05, 0.1) is 5.70 Å². The van der Waals surface area contributed by atoms with Gasteiger partial charge in [0.2, 0.25) is 5.95 Å². The molecule has 1 aromatic rings. The van der Waals surface area contributed by atoms with Crippen LogP contribution in [0.15, 0.2) is 29.7 Å². The molecule has 0 unspecified atom stereocenters. The van der Waals surface area contributed by atoms with Gasteiger partial charge in [-0.3, -0.25) is 4.79 Å². The molecule has 7 heteroatoms. The maximum absolute atomic E-state index is 13.1. The SMILES string of the molecule is C[C@@H]1C=CC2=C(C1)N(C)c1nc(N(C)C3CCN(C)CC3)ncc1C(=O)N2C. The summed E-state index contributed by atoms with van der Waals surface area (Å²) in [6.45, 7) is 4.37. The minimum absolute atomic E-state index is 0.0560. The maximum Gasteiger partial charge on any atom is 0.263 e. The summed E-state index contributed by atoms with van der Waals surface area (Å²) in [5.74, 6) is 1.78. The molecule has 28 heavy (non-hydrogen) atoms. The van der Waals surface area contributed by atoms with Crippen molar-refractivity contribution >= 4 is 17.7 Å². The van der Waals surface area contributed by atoms with E-state index in [0.29, 0.717) is 29.3 Å². The summed E-state index contributed by atoms with van der Waals surface area (Å²) in [5.41, 5.74) is 2.64. The molecular formula is C21H30N6O. The van der Waals surface area contributed by atoms with E-state index in [1.165, 1.54) is 0 Å². The molecule has 1 aliphatic carbocycles. The van der Waals surface area contributed by atoms with Gasteiger partial charge in [-0.25, -0.2) is 4.98 Å². The fourth-order valence-corrected chi connectivity index (χ4v) is 4.35. The molecule has 0 N–H and O–H groups in total. The normalized spacial score (nSPS) is 23.6. The van der Waals surface area contributed by atoms with E-state index in [9.17, 15) is 4.79 Å². The van der Waals surface area contributed by atoms with Gasteiger partial charge in [0.25, 0.3) is 5.91 Å². The van der Waals surface area contributed by atoms with E-state index in [-0.39, 0.29) is 5.91 Å². The fourth-order valence-electron chi connectivity index (χ4n) is 4.35. The number of anilines is 2. The Kier molecular flexibility index (Phi) is 4.87. The first kappa shape index (κ1) is 18.9. The first-order valence-electron chi connectivity index (χ1n) is 10.1. The van der Waals surface area contributed by atoms with E-state index >= 15 is 0 Å². The molecule has 7 nitrogen and oxygen atoms in total. The van der Waals surface area contributed by atoms with Crippen LogP contribution in [0.4, 0.5) is 11.8 Å². The molecular weight excluding hydrogens is 352 g/mol. The van der Waals surface area contributed by atoms with Crippen molar-refractivity contribution in [3.8, 4) is 0 Å². The third-order valence-electron chi connectivity index (χ3n) is 6.32. The van der Waals surface area contributed by atoms with Crippen LogP contribution in [0.2, 0.25) is 0 Å². The summed E-state index contributed by atoms with van der Waals surface area (Å²) in [5, 5.41) is 0. The Morgan fingerprint density at radius 3 is 2.57 bits per heavy atom. The highest BCUT2D eigenvalue weighted by Gasteiger charge is 2.33. The Hall–Kier alpha value is -2.41. The Balaban J connectivity index is 1.70. The van der Waals surface area contributed by atoms with Crippen molar-refractivity contribution in [1.29, 1.82) is 0 Å². The number of hydrogen-bond donors (Lipinski definition) is 0. The molecule has 2 aliphatic heterocycles. The molecule has 1 saturated heterocycles. The third-order valence-corrected chi connectivity index (χ3v) is 6.32. The average Bonchev–Trinajstić information content (AvgIpc) is 2.78. The van der Waals surface area contributed by atoms with Crippen LogP contribution in [-0.2, 0) is 0 Å². The second kappa shape index (κ2) is 7.20. The Labute approximate surface area is 167 Å². The molecule has 0 bridgehead atoms. The Bertz CT molecular complexity index is 839. The van der Waals surface area contributed by atoms with Crippen LogP contribution in [-0.4, -0.2) is 73.0 Å². The van der Waals surface area contributed by atoms with Gasteiger partial charge in [-0.2, -0.15) is 4.98 Å². The highest BCUT2D eigenvalue weighted by Crippen LogP contribution is 2.36. The van der Waals surface area contributed by atoms with Crippen molar-refractivity contribution in [2.75, 3.05) is 51.1 Å². The van der Waals surface area contributed by atoms with E-state index in [1.54, 1.807) is 11.1 Å². The average molecular weight is 383 g/mol. The number of nitrogens with zero attached hydrogens (tertiary/aromatic N) is 6. The molecule has 3 heterocycles. The fraction of sp³-hybridized carbons (Fsp3) is 0.571. The predicted octanol–water partition coefficient (Wildman–Crippen LogP) is 2.34. The summed E-state index contributed by atoms with van der Waals surface area (Å²) < 4.78 is 0. The van der Waals surface area contributed by atoms with Crippen LogP contribution in [0.5, 0.6) is 0 Å². The minimum atomic E-state index is -0.0560. The van der Waals surface area contributed by atoms with Gasteiger partial charge in [-0.05, 0) is 51.4 Å². The highest BCUT2D eigenvalue weighted by molar-refractivity contribution is 6.01. The summed E-state index contributed by atoms with van der Waals surface area (Å²) in [6, 6.07) is 0.427. The van der Waals surface area contributed by atoms with Crippen LogP contribution in [0.1, 0.15) is 36.5 Å². The van der Waals surface area contributed by atoms with Gasteiger partial charge < -0.3 is 19.6 Å². The van der Waals surface area contributed by atoms with E-state index in [2.05, 4.69) is 52.9 Å². The molecule has 3 aliphatic rings. The van der Waals surface area contributed by atoms with Crippen molar-refractivity contribution in [2.24, 2.45) is 5.92 Å². The standard InChI is InChI=1S/C21H30N6O/c1-14-6-7-17-18(12-14)26(4)19-16(20(28)27(17)5)13-22-21(23-19)25(3)15-8-10-24(2)11-9-15/h6-7,13-15H,8-12H2,1-5H3/t14-/m1/s1. The van der Waals surface area contributed by atoms with Crippen LogP contribution in [0.3, 0.4) is 0 Å². The number of hydrogen-bond acceptors (Lipinski definition) is 6. The second-order valence-electron chi connectivity index (χ2n) is 8.35. The molecule has 1 amide bonds. The summed E-state index contributed by atoms with van der Waals surface area (Å²) in [7, 11) is 8.08. The van der Waals surface area contributed by atoms with E-state index < -0.39 is 0 Å². The first-order chi connectivity index (χ1) is 13.4. The lowest BCUT2D eigenvalue weighted by molar-refractivity contribution is 0.0840. The zero-order valence-electron chi connectivity index (χ0n) is 17.5. The number of fused-ring (bicyclic) bond motifs is 1. The summed E-state index contributed by atoms with van der Waals surface area (Å²) in [4.78, 5) is 30.9. The molecule has 0 saturated carbocycles. The summed E-state index contributed by atoms with van der Waals surface area (Å²) >= 11 is 0. The van der Waals surface area contributed by atoms with Gasteiger partial charge >= 0.3 is 0 Å². The van der Waals surface area contributed by atoms with Crippen LogP contribution >= 0.6 is 0 Å². The number of likely N-dealkylation sites (N-methyl/N-ethyl adjacent to an activating group) is 1.